The molecule has 2 aromatic heterocycles. The molecule has 2 heterocycles. The Morgan fingerprint density at radius 2 is 0.791 bits per heavy atom. The highest BCUT2D eigenvalue weighted by Gasteiger charge is 2.30. The first-order valence-corrected chi connectivity index (χ1v) is 32.3. The van der Waals surface area contributed by atoms with Gasteiger partial charge >= 0.3 is 0 Å². The number of hydrogen-bond acceptors (Lipinski definition) is 2. The van der Waals surface area contributed by atoms with Crippen LogP contribution in [-0.4, -0.2) is 9.13 Å². The van der Waals surface area contributed by atoms with Crippen LogP contribution in [0.15, 0.2) is 206 Å². The average Bonchev–Trinajstić information content (AvgIpc) is 0.906. The van der Waals surface area contributed by atoms with Crippen LogP contribution >= 0.6 is 0 Å². The second-order valence-corrected chi connectivity index (χ2v) is 24.7. The second-order valence-electron chi connectivity index (χ2n) is 24.7. The van der Waals surface area contributed by atoms with Gasteiger partial charge in [0, 0.05) is 60.8 Å². The summed E-state index contributed by atoms with van der Waals surface area (Å²) in [6.07, 6.45) is 15.3. The van der Waals surface area contributed by atoms with Crippen molar-refractivity contribution < 1.29 is 0 Å². The fourth-order valence-electron chi connectivity index (χ4n) is 15.8. The maximum absolute atomic E-state index is 2.73. The Kier molecular flexibility index (Phi) is 13.1. The lowest BCUT2D eigenvalue weighted by molar-refractivity contribution is 0.686. The molecule has 0 amide bonds. The fourth-order valence-corrected chi connectivity index (χ4v) is 15.8. The number of anilines is 6. The molecule has 2 aliphatic rings. The zero-order chi connectivity index (χ0) is 57.6. The quantitative estimate of drug-likeness (QED) is 0.101. The predicted molar refractivity (Wildman–Crippen MR) is 368 cm³/mol. The Morgan fingerprint density at radius 1 is 0.326 bits per heavy atom. The highest BCUT2D eigenvalue weighted by Crippen LogP contribution is 2.53. The molecule has 422 valence electrons. The van der Waals surface area contributed by atoms with Crippen LogP contribution in [0.3, 0.4) is 0 Å². The maximum Gasteiger partial charge on any atom is 0.0562 e. The van der Waals surface area contributed by atoms with E-state index in [1.54, 1.807) is 0 Å². The van der Waals surface area contributed by atoms with Crippen molar-refractivity contribution in [1.82, 2.24) is 9.13 Å². The van der Waals surface area contributed by atoms with Crippen LogP contribution in [0.5, 0.6) is 0 Å². The Morgan fingerprint density at radius 3 is 1.37 bits per heavy atom. The van der Waals surface area contributed by atoms with Gasteiger partial charge in [0.15, 0.2) is 0 Å². The number of nitrogens with zero attached hydrogens (tertiary/aromatic N) is 4. The van der Waals surface area contributed by atoms with Crippen molar-refractivity contribution in [2.45, 2.75) is 118 Å². The lowest BCUT2D eigenvalue weighted by Gasteiger charge is -2.34. The first-order chi connectivity index (χ1) is 42.5. The number of rotatable bonds is 14. The monoisotopic (exact) mass is 1110 g/mol. The molecule has 14 aromatic rings. The summed E-state index contributed by atoms with van der Waals surface area (Å²) in [6, 6.07) is 80.6. The molecule has 0 bridgehead atoms. The van der Waals surface area contributed by atoms with Crippen molar-refractivity contribution >= 4 is 110 Å². The van der Waals surface area contributed by atoms with Gasteiger partial charge in [-0.15, -0.1) is 0 Å². The molecule has 0 radical (unpaired) electrons. The molecule has 0 unspecified atom stereocenters. The molecule has 2 aliphatic carbocycles. The zero-order valence-corrected chi connectivity index (χ0v) is 50.3. The number of para-hydroxylation sites is 2. The average molecular weight is 1120 g/mol. The molecule has 4 heteroatoms. The number of benzene rings is 12. The van der Waals surface area contributed by atoms with Gasteiger partial charge in [-0.3, -0.25) is 0 Å². The third-order valence-corrected chi connectivity index (χ3v) is 19.8. The van der Waals surface area contributed by atoms with E-state index in [-0.39, 0.29) is 0 Å². The first kappa shape index (κ1) is 52.4. The smallest absolute Gasteiger partial charge is 0.0562 e. The van der Waals surface area contributed by atoms with Gasteiger partial charge in [-0.2, -0.15) is 0 Å². The molecule has 0 fully saturated rings. The van der Waals surface area contributed by atoms with Crippen molar-refractivity contribution in [2.24, 2.45) is 0 Å². The summed E-state index contributed by atoms with van der Waals surface area (Å²) < 4.78 is 4.98. The van der Waals surface area contributed by atoms with Gasteiger partial charge in [0.2, 0.25) is 0 Å². The molecule has 0 saturated carbocycles. The van der Waals surface area contributed by atoms with Crippen LogP contribution in [0.1, 0.15) is 111 Å². The Balaban J connectivity index is 0.992. The normalized spacial score (nSPS) is 13.5. The third kappa shape index (κ3) is 8.30. The van der Waals surface area contributed by atoms with Gasteiger partial charge in [-0.25, -0.2) is 0 Å². The summed E-state index contributed by atoms with van der Waals surface area (Å²) in [5.41, 5.74) is 26.3. The minimum absolute atomic E-state index is 0.979. The van der Waals surface area contributed by atoms with E-state index in [1.807, 2.05) is 0 Å². The Hall–Kier alpha value is -9.12. The molecule has 86 heavy (non-hydrogen) atoms. The largest absolute Gasteiger partial charge is 0.310 e. The molecule has 16 rings (SSSR count). The van der Waals surface area contributed by atoms with E-state index < -0.39 is 0 Å². The maximum atomic E-state index is 2.73. The number of aryl methyl sites for hydroxylation is 6. The highest BCUT2D eigenvalue weighted by molar-refractivity contribution is 6.30. The van der Waals surface area contributed by atoms with E-state index in [4.69, 9.17) is 0 Å². The van der Waals surface area contributed by atoms with E-state index in [0.717, 1.165) is 64.2 Å². The summed E-state index contributed by atoms with van der Waals surface area (Å²) in [7, 11) is 0. The van der Waals surface area contributed by atoms with Gasteiger partial charge in [0.1, 0.15) is 0 Å². The Labute approximate surface area is 505 Å². The highest BCUT2D eigenvalue weighted by atomic mass is 15.2. The van der Waals surface area contributed by atoms with Gasteiger partial charge < -0.3 is 18.9 Å². The minimum Gasteiger partial charge on any atom is -0.310 e. The van der Waals surface area contributed by atoms with Gasteiger partial charge in [-0.1, -0.05) is 156 Å². The van der Waals surface area contributed by atoms with E-state index in [2.05, 4.69) is 253 Å². The molecule has 0 spiro atoms. The summed E-state index contributed by atoms with van der Waals surface area (Å²) >= 11 is 0. The predicted octanol–water partition coefficient (Wildman–Crippen LogP) is 22.5. The van der Waals surface area contributed by atoms with Crippen LogP contribution in [0.25, 0.3) is 87.3 Å². The van der Waals surface area contributed by atoms with Crippen molar-refractivity contribution in [3.05, 3.63) is 251 Å². The lowest BCUT2D eigenvalue weighted by Crippen LogP contribution is -2.17. The van der Waals surface area contributed by atoms with Crippen molar-refractivity contribution in [1.29, 1.82) is 0 Å². The molecule has 12 aromatic carbocycles. The van der Waals surface area contributed by atoms with Crippen molar-refractivity contribution in [3.8, 4) is 11.4 Å². The lowest BCUT2D eigenvalue weighted by atomic mass is 9.85. The zero-order valence-electron chi connectivity index (χ0n) is 50.3. The van der Waals surface area contributed by atoms with E-state index >= 15 is 0 Å². The second kappa shape index (κ2) is 21.4. The van der Waals surface area contributed by atoms with Crippen LogP contribution in [-0.2, 0) is 51.4 Å². The molecule has 4 nitrogen and oxygen atoms in total. The molecule has 0 aliphatic heterocycles. The number of hydrogen-bond donors (Lipinski definition) is 0. The SMILES string of the molecule is CCCc1cc(N(c2ccc3c(c2)c2ccccc2n3-c2ccc(CC)cc2)c2cccc3c2CCCC3)c2ccc3c(CCC)cc(N(c4cccc5c4CCCC5)c4cccc5c4c4ccccc4n5-c4ccc(CC)cc4)c4ccc1c2c34. The summed E-state index contributed by atoms with van der Waals surface area (Å²) in [5, 5.41) is 13.2. The molecule has 0 N–H and O–H groups in total. The van der Waals surface area contributed by atoms with Gasteiger partial charge in [-0.05, 0) is 234 Å². The molecular weight excluding hydrogens is 1040 g/mol. The van der Waals surface area contributed by atoms with Crippen LogP contribution in [0.2, 0.25) is 0 Å². The van der Waals surface area contributed by atoms with Crippen molar-refractivity contribution in [3.63, 3.8) is 0 Å². The number of aromatic nitrogens is 2. The minimum atomic E-state index is 0.979. The van der Waals surface area contributed by atoms with E-state index in [0.29, 0.717) is 0 Å². The van der Waals surface area contributed by atoms with Gasteiger partial charge in [0.05, 0.1) is 39.1 Å². The standard InChI is InChI=1S/C82H74N4/c1-5-20-57-50-78(85(71-32-17-24-55-22-9-11-26-62(55)71)61-44-49-75-70(52-61)66-28-13-15-30-73(66)83(75)59-40-36-53(7-3)37-41-59)68-47-45-65-58(21-6-2)51-79(69-48-46-64(57)80(68)81(65)69)86(72-33-18-25-56-23-10-12-27-63(56)72)77-35-19-34-76-82(77)67-29-14-16-31-74(67)84(76)60-42-38-54(8-4)39-43-60/h13-19,24-25,28-52H,5-12,20-23,26-27H2,1-4H3. The Bertz CT molecular complexity index is 4940. The van der Waals surface area contributed by atoms with Crippen molar-refractivity contribution in [2.75, 3.05) is 9.80 Å². The molecule has 0 saturated heterocycles. The van der Waals surface area contributed by atoms with Crippen LogP contribution < -0.4 is 9.80 Å². The van der Waals surface area contributed by atoms with Crippen LogP contribution in [0, 0.1) is 0 Å². The summed E-state index contributed by atoms with van der Waals surface area (Å²) in [4.78, 5) is 5.42. The first-order valence-electron chi connectivity index (χ1n) is 32.3. The fraction of sp³-hybridized carbons (Fsp3) is 0.220. The third-order valence-electron chi connectivity index (χ3n) is 19.8. The molecule has 0 atom stereocenters. The molecular formula is C82H74N4. The van der Waals surface area contributed by atoms with E-state index in [1.165, 1.54) is 192 Å². The summed E-state index contributed by atoms with van der Waals surface area (Å²) in [6.45, 7) is 9.20. The van der Waals surface area contributed by atoms with E-state index in [9.17, 15) is 0 Å². The topological polar surface area (TPSA) is 16.3 Å². The van der Waals surface area contributed by atoms with Gasteiger partial charge in [0.25, 0.3) is 0 Å². The summed E-state index contributed by atoms with van der Waals surface area (Å²) in [5.74, 6) is 0. The van der Waals surface area contributed by atoms with Crippen LogP contribution in [0.4, 0.5) is 34.1 Å². The number of fused-ring (bicyclic) bond motifs is 8.